The average molecular weight is 374 g/mol. The van der Waals surface area contributed by atoms with Gasteiger partial charge in [-0.3, -0.25) is 4.90 Å². The molecular weight excluding hydrogens is 344 g/mol. The summed E-state index contributed by atoms with van der Waals surface area (Å²) in [5, 5.41) is 12.4. The fourth-order valence-electron chi connectivity index (χ4n) is 3.63. The topological polar surface area (TPSA) is 68.5 Å². The number of hydrogen-bond acceptors (Lipinski definition) is 7. The SMILES string of the molecule is CCC[C@H](c1nnnn1CCOC)N1CCN(c2cccc(OC)c2)CC1. The second-order valence-corrected chi connectivity index (χ2v) is 6.78. The second-order valence-electron chi connectivity index (χ2n) is 6.78. The Balaban J connectivity index is 1.67. The van der Waals surface area contributed by atoms with Crippen LogP contribution in [-0.2, 0) is 11.3 Å². The molecule has 1 fully saturated rings. The number of hydrogen-bond donors (Lipinski definition) is 0. The predicted molar refractivity (Wildman–Crippen MR) is 104 cm³/mol. The van der Waals surface area contributed by atoms with Gasteiger partial charge in [0.2, 0.25) is 0 Å². The molecule has 148 valence electrons. The first kappa shape index (κ1) is 19.6. The first-order valence-electron chi connectivity index (χ1n) is 9.64. The highest BCUT2D eigenvalue weighted by atomic mass is 16.5. The third kappa shape index (κ3) is 4.75. The zero-order valence-electron chi connectivity index (χ0n) is 16.5. The maximum absolute atomic E-state index is 5.36. The normalized spacial score (nSPS) is 16.5. The zero-order valence-corrected chi connectivity index (χ0v) is 16.5. The fourth-order valence-corrected chi connectivity index (χ4v) is 3.63. The molecule has 2 heterocycles. The number of ether oxygens (including phenoxy) is 2. The number of nitrogens with zero attached hydrogens (tertiary/aromatic N) is 6. The number of rotatable bonds is 9. The summed E-state index contributed by atoms with van der Waals surface area (Å²) >= 11 is 0. The van der Waals surface area contributed by atoms with Crippen LogP contribution in [0.1, 0.15) is 31.6 Å². The quantitative estimate of drug-likeness (QED) is 0.665. The Morgan fingerprint density at radius 3 is 2.67 bits per heavy atom. The van der Waals surface area contributed by atoms with Crippen molar-refractivity contribution in [2.24, 2.45) is 0 Å². The third-order valence-electron chi connectivity index (χ3n) is 5.10. The molecule has 0 N–H and O–H groups in total. The van der Waals surface area contributed by atoms with Crippen molar-refractivity contribution in [3.63, 3.8) is 0 Å². The first-order chi connectivity index (χ1) is 13.3. The third-order valence-corrected chi connectivity index (χ3v) is 5.10. The lowest BCUT2D eigenvalue weighted by Crippen LogP contribution is -2.48. The number of benzene rings is 1. The van der Waals surface area contributed by atoms with Gasteiger partial charge in [-0.25, -0.2) is 4.68 Å². The Morgan fingerprint density at radius 2 is 1.96 bits per heavy atom. The molecule has 0 aliphatic carbocycles. The molecule has 1 aromatic heterocycles. The molecule has 1 aromatic carbocycles. The summed E-state index contributed by atoms with van der Waals surface area (Å²) in [7, 11) is 3.41. The van der Waals surface area contributed by atoms with E-state index in [-0.39, 0.29) is 6.04 Å². The summed E-state index contributed by atoms with van der Waals surface area (Å²) in [5.74, 6) is 1.85. The largest absolute Gasteiger partial charge is 0.497 e. The molecule has 0 unspecified atom stereocenters. The van der Waals surface area contributed by atoms with Crippen molar-refractivity contribution in [1.82, 2.24) is 25.1 Å². The molecule has 1 aliphatic rings. The molecule has 8 heteroatoms. The van der Waals surface area contributed by atoms with Gasteiger partial charge in [0.25, 0.3) is 0 Å². The van der Waals surface area contributed by atoms with Crippen molar-refractivity contribution < 1.29 is 9.47 Å². The zero-order chi connectivity index (χ0) is 19.1. The monoisotopic (exact) mass is 374 g/mol. The highest BCUT2D eigenvalue weighted by Gasteiger charge is 2.28. The minimum atomic E-state index is 0.245. The van der Waals surface area contributed by atoms with Gasteiger partial charge >= 0.3 is 0 Å². The van der Waals surface area contributed by atoms with Crippen LogP contribution in [0.4, 0.5) is 5.69 Å². The molecule has 0 saturated carbocycles. The van der Waals surface area contributed by atoms with E-state index >= 15 is 0 Å². The summed E-state index contributed by atoms with van der Waals surface area (Å²) in [6.45, 7) is 7.43. The molecule has 0 radical (unpaired) electrons. The molecule has 0 amide bonds. The average Bonchev–Trinajstić information content (AvgIpc) is 3.19. The Hall–Kier alpha value is -2.19. The number of methoxy groups -OCH3 is 2. The van der Waals surface area contributed by atoms with Gasteiger partial charge in [-0.1, -0.05) is 19.4 Å². The van der Waals surface area contributed by atoms with Crippen LogP contribution < -0.4 is 9.64 Å². The van der Waals surface area contributed by atoms with Gasteiger partial charge in [0, 0.05) is 45.0 Å². The van der Waals surface area contributed by atoms with E-state index in [0.717, 1.165) is 50.6 Å². The summed E-state index contributed by atoms with van der Waals surface area (Å²) in [5.41, 5.74) is 1.21. The van der Waals surface area contributed by atoms with Crippen LogP contribution in [-0.4, -0.2) is 72.1 Å². The minimum absolute atomic E-state index is 0.245. The van der Waals surface area contributed by atoms with Crippen molar-refractivity contribution in [2.75, 3.05) is 51.9 Å². The molecular formula is C19H30N6O2. The Labute approximate surface area is 161 Å². The summed E-state index contributed by atoms with van der Waals surface area (Å²) in [4.78, 5) is 4.92. The van der Waals surface area contributed by atoms with E-state index in [2.05, 4.69) is 44.4 Å². The lowest BCUT2D eigenvalue weighted by atomic mass is 10.1. The summed E-state index contributed by atoms with van der Waals surface area (Å²) in [6, 6.07) is 8.52. The van der Waals surface area contributed by atoms with E-state index in [1.165, 1.54) is 5.69 Å². The number of anilines is 1. The highest BCUT2D eigenvalue weighted by Crippen LogP contribution is 2.27. The molecule has 2 aromatic rings. The van der Waals surface area contributed by atoms with Crippen molar-refractivity contribution in [2.45, 2.75) is 32.4 Å². The maximum atomic E-state index is 5.36. The molecule has 8 nitrogen and oxygen atoms in total. The van der Waals surface area contributed by atoms with Crippen LogP contribution in [0.5, 0.6) is 5.75 Å². The van der Waals surface area contributed by atoms with Crippen molar-refractivity contribution in [1.29, 1.82) is 0 Å². The van der Waals surface area contributed by atoms with E-state index in [1.807, 2.05) is 16.8 Å². The van der Waals surface area contributed by atoms with E-state index < -0.39 is 0 Å². The van der Waals surface area contributed by atoms with E-state index in [1.54, 1.807) is 14.2 Å². The van der Waals surface area contributed by atoms with Gasteiger partial charge in [0.1, 0.15) is 5.75 Å². The first-order valence-corrected chi connectivity index (χ1v) is 9.64. The standard InChI is InChI=1S/C19H30N6O2/c1-4-6-18(19-20-21-22-25(19)13-14-26-2)24-11-9-23(10-12-24)16-7-5-8-17(15-16)27-3/h5,7-8,15,18H,4,6,9-14H2,1-3H3/t18-/m1/s1. The van der Waals surface area contributed by atoms with Gasteiger partial charge in [0.05, 0.1) is 26.3 Å². The van der Waals surface area contributed by atoms with Gasteiger partial charge in [-0.2, -0.15) is 0 Å². The second kappa shape index (κ2) is 9.66. The Morgan fingerprint density at radius 1 is 1.15 bits per heavy atom. The van der Waals surface area contributed by atoms with Crippen molar-refractivity contribution in [3.8, 4) is 5.75 Å². The van der Waals surface area contributed by atoms with Crippen molar-refractivity contribution >= 4 is 5.69 Å². The van der Waals surface area contributed by atoms with E-state index in [4.69, 9.17) is 9.47 Å². The number of aromatic nitrogens is 4. The molecule has 27 heavy (non-hydrogen) atoms. The predicted octanol–water partition coefficient (Wildman–Crippen LogP) is 1.99. The minimum Gasteiger partial charge on any atom is -0.497 e. The van der Waals surface area contributed by atoms with Crippen LogP contribution >= 0.6 is 0 Å². The van der Waals surface area contributed by atoms with E-state index in [0.29, 0.717) is 13.2 Å². The smallest absolute Gasteiger partial charge is 0.168 e. The van der Waals surface area contributed by atoms with Crippen LogP contribution in [0, 0.1) is 0 Å². The van der Waals surface area contributed by atoms with Crippen molar-refractivity contribution in [3.05, 3.63) is 30.1 Å². The highest BCUT2D eigenvalue weighted by molar-refractivity contribution is 5.51. The lowest BCUT2D eigenvalue weighted by molar-refractivity contribution is 0.153. The van der Waals surface area contributed by atoms with Crippen LogP contribution in [0.2, 0.25) is 0 Å². The molecule has 3 rings (SSSR count). The summed E-state index contributed by atoms with van der Waals surface area (Å²) < 4.78 is 12.4. The van der Waals surface area contributed by atoms with Crippen LogP contribution in [0.3, 0.4) is 0 Å². The number of piperazine rings is 1. The van der Waals surface area contributed by atoms with Gasteiger partial charge < -0.3 is 14.4 Å². The van der Waals surface area contributed by atoms with Gasteiger partial charge in [-0.15, -0.1) is 5.10 Å². The van der Waals surface area contributed by atoms with Crippen LogP contribution in [0.25, 0.3) is 0 Å². The molecule has 0 bridgehead atoms. The summed E-state index contributed by atoms with van der Waals surface area (Å²) in [6.07, 6.45) is 2.14. The Kier molecular flexibility index (Phi) is 7.00. The molecule has 1 aliphatic heterocycles. The molecule has 0 spiro atoms. The number of tetrazole rings is 1. The van der Waals surface area contributed by atoms with E-state index in [9.17, 15) is 0 Å². The molecule has 1 atom stereocenters. The van der Waals surface area contributed by atoms with Gasteiger partial charge in [0.15, 0.2) is 5.82 Å². The fraction of sp³-hybridized carbons (Fsp3) is 0.632. The van der Waals surface area contributed by atoms with Gasteiger partial charge in [-0.05, 0) is 29.0 Å². The Bertz CT molecular complexity index is 699. The molecule has 1 saturated heterocycles. The maximum Gasteiger partial charge on any atom is 0.168 e. The lowest BCUT2D eigenvalue weighted by Gasteiger charge is -2.39. The van der Waals surface area contributed by atoms with Crippen LogP contribution in [0.15, 0.2) is 24.3 Å².